The summed E-state index contributed by atoms with van der Waals surface area (Å²) < 4.78 is 0. The van der Waals surface area contributed by atoms with Crippen LogP contribution in [0.15, 0.2) is 6.07 Å². The van der Waals surface area contributed by atoms with Crippen molar-refractivity contribution in [2.24, 2.45) is 0 Å². The van der Waals surface area contributed by atoms with Crippen molar-refractivity contribution in [3.63, 3.8) is 0 Å². The minimum absolute atomic E-state index is 0.0457. The number of Topliss-reactive ketones (excluding diaryl/α,β-unsaturated/α-hetero) is 1. The zero-order chi connectivity index (χ0) is 10.9. The lowest BCUT2D eigenvalue weighted by atomic mass is 10.1. The van der Waals surface area contributed by atoms with Crippen LogP contribution in [0, 0.1) is 11.3 Å². The largest absolute Gasteiger partial charge is 0.396 e. The summed E-state index contributed by atoms with van der Waals surface area (Å²) in [6.07, 6.45) is 0. The van der Waals surface area contributed by atoms with Crippen molar-refractivity contribution >= 4 is 34.7 Å². The molecule has 0 aliphatic rings. The molecule has 0 saturated carbocycles. The number of nitrogen functional groups attached to an aromatic ring is 1. The average Bonchev–Trinajstić information content (AvgIpc) is 2.12. The Labute approximate surface area is 91.0 Å². The zero-order valence-corrected chi connectivity index (χ0v) is 8.78. The SMILES string of the molecule is CC(=O)c1cc(Cl)c(N)c(C#N)c1Cl. The van der Waals surface area contributed by atoms with Crippen molar-refractivity contribution in [1.82, 2.24) is 0 Å². The van der Waals surface area contributed by atoms with Gasteiger partial charge in [0.25, 0.3) is 0 Å². The molecule has 0 heterocycles. The summed E-state index contributed by atoms with van der Waals surface area (Å²) in [5.41, 5.74) is 5.87. The van der Waals surface area contributed by atoms with Gasteiger partial charge in [-0.05, 0) is 13.0 Å². The highest BCUT2D eigenvalue weighted by Crippen LogP contribution is 2.32. The van der Waals surface area contributed by atoms with Gasteiger partial charge in [-0.3, -0.25) is 4.79 Å². The molecule has 0 unspecified atom stereocenters. The minimum Gasteiger partial charge on any atom is -0.396 e. The van der Waals surface area contributed by atoms with Crippen molar-refractivity contribution in [2.45, 2.75) is 6.92 Å². The van der Waals surface area contributed by atoms with Crippen LogP contribution >= 0.6 is 23.2 Å². The topological polar surface area (TPSA) is 66.9 Å². The second-order valence-electron chi connectivity index (χ2n) is 2.68. The number of carbonyl (C=O) groups excluding carboxylic acids is 1. The lowest BCUT2D eigenvalue weighted by molar-refractivity contribution is 0.101. The second-order valence-corrected chi connectivity index (χ2v) is 3.46. The highest BCUT2D eigenvalue weighted by molar-refractivity contribution is 6.38. The molecule has 0 saturated heterocycles. The molecule has 0 bridgehead atoms. The van der Waals surface area contributed by atoms with Crippen LogP contribution in [0.1, 0.15) is 22.8 Å². The Morgan fingerprint density at radius 2 is 2.14 bits per heavy atom. The van der Waals surface area contributed by atoms with Gasteiger partial charge in [0.05, 0.1) is 21.3 Å². The summed E-state index contributed by atoms with van der Waals surface area (Å²) >= 11 is 11.5. The van der Waals surface area contributed by atoms with Crippen LogP contribution in [0.25, 0.3) is 0 Å². The Kier molecular flexibility index (Phi) is 3.00. The maximum Gasteiger partial charge on any atom is 0.161 e. The fourth-order valence-electron chi connectivity index (χ4n) is 1.01. The van der Waals surface area contributed by atoms with E-state index in [1.165, 1.54) is 13.0 Å². The van der Waals surface area contributed by atoms with E-state index >= 15 is 0 Å². The number of hydrogen-bond acceptors (Lipinski definition) is 3. The third kappa shape index (κ3) is 1.67. The van der Waals surface area contributed by atoms with Crippen molar-refractivity contribution < 1.29 is 4.79 Å². The van der Waals surface area contributed by atoms with Crippen molar-refractivity contribution in [3.8, 4) is 6.07 Å². The molecule has 5 heteroatoms. The summed E-state index contributed by atoms with van der Waals surface area (Å²) in [7, 11) is 0. The van der Waals surface area contributed by atoms with Gasteiger partial charge in [-0.1, -0.05) is 23.2 Å². The molecule has 1 aromatic rings. The van der Waals surface area contributed by atoms with E-state index in [4.69, 9.17) is 34.2 Å². The third-order valence-corrected chi connectivity index (χ3v) is 2.45. The van der Waals surface area contributed by atoms with Crippen LogP contribution < -0.4 is 5.73 Å². The number of nitrogens with zero attached hydrogens (tertiary/aromatic N) is 1. The number of rotatable bonds is 1. The summed E-state index contributed by atoms with van der Waals surface area (Å²) in [6.45, 7) is 1.34. The van der Waals surface area contributed by atoms with E-state index in [0.717, 1.165) is 0 Å². The minimum atomic E-state index is -0.256. The Bertz CT molecular complexity index is 449. The first-order chi connectivity index (χ1) is 6.49. The van der Waals surface area contributed by atoms with Crippen LogP contribution in [-0.4, -0.2) is 5.78 Å². The number of halogens is 2. The van der Waals surface area contributed by atoms with Crippen LogP contribution in [0.2, 0.25) is 10.0 Å². The normalized spacial score (nSPS) is 9.57. The smallest absolute Gasteiger partial charge is 0.161 e. The predicted octanol–water partition coefficient (Wildman–Crippen LogP) is 2.65. The molecule has 0 aromatic heterocycles. The van der Waals surface area contributed by atoms with E-state index < -0.39 is 0 Å². The van der Waals surface area contributed by atoms with Crippen LogP contribution in [-0.2, 0) is 0 Å². The highest BCUT2D eigenvalue weighted by atomic mass is 35.5. The number of ketones is 1. The summed E-state index contributed by atoms with van der Waals surface area (Å²) in [6, 6.07) is 3.17. The first-order valence-electron chi connectivity index (χ1n) is 3.67. The fraction of sp³-hybridized carbons (Fsp3) is 0.111. The molecule has 2 N–H and O–H groups in total. The van der Waals surface area contributed by atoms with Gasteiger partial charge in [0.1, 0.15) is 6.07 Å². The highest BCUT2D eigenvalue weighted by Gasteiger charge is 2.15. The number of nitriles is 1. The summed E-state index contributed by atoms with van der Waals surface area (Å²) in [5, 5.41) is 8.97. The first kappa shape index (κ1) is 10.8. The molecule has 0 fully saturated rings. The maximum absolute atomic E-state index is 11.1. The second kappa shape index (κ2) is 3.87. The molecule has 0 atom stereocenters. The van der Waals surface area contributed by atoms with E-state index in [0.29, 0.717) is 0 Å². The molecule has 0 amide bonds. The Morgan fingerprint density at radius 1 is 1.57 bits per heavy atom. The van der Waals surface area contributed by atoms with Gasteiger partial charge in [0.15, 0.2) is 5.78 Å². The number of anilines is 1. The van der Waals surface area contributed by atoms with E-state index in [2.05, 4.69) is 0 Å². The first-order valence-corrected chi connectivity index (χ1v) is 4.43. The maximum atomic E-state index is 11.1. The molecule has 1 aromatic carbocycles. The lowest BCUT2D eigenvalue weighted by Crippen LogP contribution is -2.00. The molecule has 0 spiro atoms. The van der Waals surface area contributed by atoms with Gasteiger partial charge >= 0.3 is 0 Å². The van der Waals surface area contributed by atoms with Crippen molar-refractivity contribution in [3.05, 3.63) is 27.2 Å². The summed E-state index contributed by atoms with van der Waals surface area (Å²) in [4.78, 5) is 11.1. The van der Waals surface area contributed by atoms with Crippen molar-refractivity contribution in [1.29, 1.82) is 5.26 Å². The Hall–Kier alpha value is -1.24. The zero-order valence-electron chi connectivity index (χ0n) is 7.27. The van der Waals surface area contributed by atoms with Gasteiger partial charge < -0.3 is 5.73 Å². The van der Waals surface area contributed by atoms with E-state index in [-0.39, 0.29) is 32.6 Å². The predicted molar refractivity (Wildman–Crippen MR) is 55.6 cm³/mol. The Morgan fingerprint density at radius 3 is 2.57 bits per heavy atom. The van der Waals surface area contributed by atoms with Gasteiger partial charge in [-0.2, -0.15) is 5.26 Å². The van der Waals surface area contributed by atoms with E-state index in [1.807, 2.05) is 0 Å². The average molecular weight is 229 g/mol. The van der Waals surface area contributed by atoms with E-state index in [1.54, 1.807) is 6.07 Å². The monoisotopic (exact) mass is 228 g/mol. The molecule has 14 heavy (non-hydrogen) atoms. The fourth-order valence-corrected chi connectivity index (χ4v) is 1.54. The quantitative estimate of drug-likeness (QED) is 0.594. The molecule has 0 aliphatic heterocycles. The standard InChI is InChI=1S/C9H6Cl2N2O/c1-4(14)5-2-7(10)9(13)6(3-12)8(5)11/h2H,13H2,1H3. The molecular formula is C9H6Cl2N2O. The van der Waals surface area contributed by atoms with Gasteiger partial charge in [-0.15, -0.1) is 0 Å². The number of hydrogen-bond donors (Lipinski definition) is 1. The van der Waals surface area contributed by atoms with Crippen molar-refractivity contribution in [2.75, 3.05) is 5.73 Å². The molecule has 0 aliphatic carbocycles. The lowest BCUT2D eigenvalue weighted by Gasteiger charge is -2.06. The van der Waals surface area contributed by atoms with Crippen LogP contribution in [0.4, 0.5) is 5.69 Å². The third-order valence-electron chi connectivity index (χ3n) is 1.74. The molecular weight excluding hydrogens is 223 g/mol. The van der Waals surface area contributed by atoms with Crippen LogP contribution in [0.5, 0.6) is 0 Å². The number of nitrogens with two attached hydrogens (primary N) is 1. The summed E-state index contributed by atoms with van der Waals surface area (Å²) in [5.74, 6) is -0.256. The number of benzene rings is 1. The van der Waals surface area contributed by atoms with Gasteiger partial charge in [0, 0.05) is 5.56 Å². The van der Waals surface area contributed by atoms with Gasteiger partial charge in [-0.25, -0.2) is 0 Å². The van der Waals surface area contributed by atoms with E-state index in [9.17, 15) is 4.79 Å². The molecule has 3 nitrogen and oxygen atoms in total. The Balaban J connectivity index is 3.61. The molecule has 1 rings (SSSR count). The molecule has 0 radical (unpaired) electrons. The van der Waals surface area contributed by atoms with Gasteiger partial charge in [0.2, 0.25) is 0 Å². The molecule has 72 valence electrons. The van der Waals surface area contributed by atoms with Crippen LogP contribution in [0.3, 0.4) is 0 Å². The number of carbonyl (C=O) groups is 1.